The van der Waals surface area contributed by atoms with Crippen LogP contribution in [0.5, 0.6) is 0 Å². The smallest absolute Gasteiger partial charge is 0.258 e. The standard InChI is InChI=1S/C9H4Cl2N2O2S/c10-7-3-1-5(13(14)15)9(12-7)6-2-4-8(11)16-6/h1-4H. The van der Waals surface area contributed by atoms with E-state index in [2.05, 4.69) is 4.98 Å². The van der Waals surface area contributed by atoms with Crippen LogP contribution in [0.2, 0.25) is 9.49 Å². The molecule has 0 spiro atoms. The van der Waals surface area contributed by atoms with Crippen molar-refractivity contribution in [3.05, 3.63) is 43.9 Å². The lowest BCUT2D eigenvalue weighted by Crippen LogP contribution is -1.93. The molecule has 4 nitrogen and oxygen atoms in total. The minimum absolute atomic E-state index is 0.0806. The first-order valence-electron chi connectivity index (χ1n) is 4.14. The minimum Gasteiger partial charge on any atom is -0.258 e. The molecule has 0 aliphatic rings. The van der Waals surface area contributed by atoms with E-state index in [4.69, 9.17) is 23.2 Å². The van der Waals surface area contributed by atoms with Gasteiger partial charge in [0.1, 0.15) is 5.15 Å². The second kappa shape index (κ2) is 4.37. The second-order valence-electron chi connectivity index (χ2n) is 2.86. The van der Waals surface area contributed by atoms with Crippen LogP contribution < -0.4 is 0 Å². The van der Waals surface area contributed by atoms with Gasteiger partial charge in [-0.25, -0.2) is 4.98 Å². The maximum absolute atomic E-state index is 10.8. The molecule has 0 unspecified atom stereocenters. The van der Waals surface area contributed by atoms with Crippen molar-refractivity contribution >= 4 is 40.2 Å². The molecule has 0 atom stereocenters. The summed E-state index contributed by atoms with van der Waals surface area (Å²) in [6.45, 7) is 0. The molecule has 0 aliphatic heterocycles. The Bertz CT molecular complexity index is 556. The Morgan fingerprint density at radius 1 is 1.25 bits per heavy atom. The number of rotatable bonds is 2. The molecule has 2 heterocycles. The minimum atomic E-state index is -0.494. The predicted octanol–water partition coefficient (Wildman–Crippen LogP) is 4.03. The first-order valence-corrected chi connectivity index (χ1v) is 5.72. The summed E-state index contributed by atoms with van der Waals surface area (Å²) in [5, 5.41) is 11.0. The molecule has 0 bridgehead atoms. The zero-order chi connectivity index (χ0) is 11.7. The Kier molecular flexibility index (Phi) is 3.09. The van der Waals surface area contributed by atoms with Gasteiger partial charge >= 0.3 is 0 Å². The largest absolute Gasteiger partial charge is 0.296 e. The van der Waals surface area contributed by atoms with E-state index in [1.54, 1.807) is 12.1 Å². The molecule has 0 aliphatic carbocycles. The first kappa shape index (κ1) is 11.3. The Balaban J connectivity index is 2.62. The van der Waals surface area contributed by atoms with Crippen molar-refractivity contribution in [2.24, 2.45) is 0 Å². The third-order valence-corrected chi connectivity index (χ3v) is 3.29. The fourth-order valence-corrected chi connectivity index (χ4v) is 2.39. The van der Waals surface area contributed by atoms with Crippen LogP contribution in [0.15, 0.2) is 24.3 Å². The van der Waals surface area contributed by atoms with Crippen LogP contribution in [-0.2, 0) is 0 Å². The van der Waals surface area contributed by atoms with E-state index >= 15 is 0 Å². The van der Waals surface area contributed by atoms with Crippen molar-refractivity contribution in [1.82, 2.24) is 4.98 Å². The number of nitrogens with zero attached hydrogens (tertiary/aromatic N) is 2. The van der Waals surface area contributed by atoms with Crippen LogP contribution in [0.3, 0.4) is 0 Å². The van der Waals surface area contributed by atoms with Gasteiger partial charge in [0.25, 0.3) is 5.69 Å². The maximum atomic E-state index is 10.8. The van der Waals surface area contributed by atoms with Crippen LogP contribution in [0.4, 0.5) is 5.69 Å². The SMILES string of the molecule is O=[N+]([O-])c1ccc(Cl)nc1-c1ccc(Cl)s1. The number of hydrogen-bond donors (Lipinski definition) is 0. The van der Waals surface area contributed by atoms with E-state index < -0.39 is 4.92 Å². The number of aromatic nitrogens is 1. The van der Waals surface area contributed by atoms with Crippen molar-refractivity contribution in [2.75, 3.05) is 0 Å². The Labute approximate surface area is 105 Å². The lowest BCUT2D eigenvalue weighted by molar-refractivity contribution is -0.384. The summed E-state index contributed by atoms with van der Waals surface area (Å²) in [6, 6.07) is 6.06. The molecule has 16 heavy (non-hydrogen) atoms. The highest BCUT2D eigenvalue weighted by molar-refractivity contribution is 7.19. The summed E-state index contributed by atoms with van der Waals surface area (Å²) in [7, 11) is 0. The zero-order valence-electron chi connectivity index (χ0n) is 7.68. The van der Waals surface area contributed by atoms with Gasteiger partial charge in [0, 0.05) is 6.07 Å². The lowest BCUT2D eigenvalue weighted by Gasteiger charge is -1.99. The summed E-state index contributed by atoms with van der Waals surface area (Å²) in [6.07, 6.45) is 0. The monoisotopic (exact) mass is 274 g/mol. The molecular formula is C9H4Cl2N2O2S. The fraction of sp³-hybridized carbons (Fsp3) is 0. The molecule has 0 aromatic carbocycles. The quantitative estimate of drug-likeness (QED) is 0.472. The number of halogens is 2. The summed E-state index contributed by atoms with van der Waals surface area (Å²) in [4.78, 5) is 14.9. The summed E-state index contributed by atoms with van der Waals surface area (Å²) < 4.78 is 0.547. The Hall–Kier alpha value is -1.17. The highest BCUT2D eigenvalue weighted by atomic mass is 35.5. The number of thiophene rings is 1. The van der Waals surface area contributed by atoms with E-state index in [0.717, 1.165) is 0 Å². The summed E-state index contributed by atoms with van der Waals surface area (Å²) >= 11 is 12.7. The van der Waals surface area contributed by atoms with Crippen LogP contribution in [0.1, 0.15) is 0 Å². The van der Waals surface area contributed by atoms with E-state index in [0.29, 0.717) is 9.21 Å². The molecule has 2 rings (SSSR count). The predicted molar refractivity (Wildman–Crippen MR) is 64.2 cm³/mol. The number of pyridine rings is 1. The van der Waals surface area contributed by atoms with Crippen LogP contribution in [-0.4, -0.2) is 9.91 Å². The molecule has 0 saturated heterocycles. The van der Waals surface area contributed by atoms with Gasteiger partial charge in [0.2, 0.25) is 0 Å². The molecule has 0 saturated carbocycles. The van der Waals surface area contributed by atoms with Crippen molar-refractivity contribution < 1.29 is 4.92 Å². The van der Waals surface area contributed by atoms with E-state index in [-0.39, 0.29) is 16.5 Å². The molecule has 2 aromatic heterocycles. The van der Waals surface area contributed by atoms with Crippen molar-refractivity contribution in [3.63, 3.8) is 0 Å². The number of hydrogen-bond acceptors (Lipinski definition) is 4. The third kappa shape index (κ3) is 2.16. The Morgan fingerprint density at radius 2 is 2.00 bits per heavy atom. The zero-order valence-corrected chi connectivity index (χ0v) is 10.0. The molecule has 0 radical (unpaired) electrons. The van der Waals surface area contributed by atoms with Gasteiger partial charge < -0.3 is 0 Å². The molecule has 0 N–H and O–H groups in total. The van der Waals surface area contributed by atoms with Crippen LogP contribution in [0, 0.1) is 10.1 Å². The van der Waals surface area contributed by atoms with Gasteiger partial charge in [-0.05, 0) is 18.2 Å². The van der Waals surface area contributed by atoms with Crippen LogP contribution >= 0.6 is 34.5 Å². The van der Waals surface area contributed by atoms with Gasteiger partial charge in [-0.2, -0.15) is 0 Å². The molecule has 0 amide bonds. The molecule has 82 valence electrons. The van der Waals surface area contributed by atoms with E-state index in [1.165, 1.54) is 23.5 Å². The third-order valence-electron chi connectivity index (χ3n) is 1.84. The topological polar surface area (TPSA) is 56.0 Å². The summed E-state index contributed by atoms with van der Waals surface area (Å²) in [5.41, 5.74) is 0.164. The molecule has 0 fully saturated rings. The van der Waals surface area contributed by atoms with Crippen LogP contribution in [0.25, 0.3) is 10.6 Å². The molecular weight excluding hydrogens is 271 g/mol. The van der Waals surface area contributed by atoms with Gasteiger partial charge in [-0.3, -0.25) is 10.1 Å². The van der Waals surface area contributed by atoms with Gasteiger partial charge in [0.15, 0.2) is 5.69 Å². The molecule has 7 heteroatoms. The van der Waals surface area contributed by atoms with Gasteiger partial charge in [-0.15, -0.1) is 11.3 Å². The maximum Gasteiger partial charge on any atom is 0.296 e. The van der Waals surface area contributed by atoms with Gasteiger partial charge in [-0.1, -0.05) is 23.2 Å². The molecule has 2 aromatic rings. The highest BCUT2D eigenvalue weighted by Crippen LogP contribution is 2.35. The van der Waals surface area contributed by atoms with Crippen molar-refractivity contribution in [3.8, 4) is 10.6 Å². The van der Waals surface area contributed by atoms with Gasteiger partial charge in [0.05, 0.1) is 14.1 Å². The average Bonchev–Trinajstić information content (AvgIpc) is 2.64. The van der Waals surface area contributed by atoms with E-state index in [9.17, 15) is 10.1 Å². The lowest BCUT2D eigenvalue weighted by atomic mass is 10.2. The summed E-state index contributed by atoms with van der Waals surface area (Å²) in [5.74, 6) is 0. The normalized spacial score (nSPS) is 10.4. The van der Waals surface area contributed by atoms with E-state index in [1.807, 2.05) is 0 Å². The Morgan fingerprint density at radius 3 is 2.56 bits per heavy atom. The highest BCUT2D eigenvalue weighted by Gasteiger charge is 2.18. The first-order chi connectivity index (χ1) is 7.58. The van der Waals surface area contributed by atoms with Crippen molar-refractivity contribution in [2.45, 2.75) is 0 Å². The van der Waals surface area contributed by atoms with Crippen molar-refractivity contribution in [1.29, 1.82) is 0 Å². The second-order valence-corrected chi connectivity index (χ2v) is 4.96. The number of nitro groups is 1. The average molecular weight is 275 g/mol. The fourth-order valence-electron chi connectivity index (χ4n) is 1.20.